The van der Waals surface area contributed by atoms with Crippen LogP contribution in [0, 0.1) is 5.82 Å². The van der Waals surface area contributed by atoms with E-state index in [1.165, 1.54) is 28.5 Å². The Bertz CT molecular complexity index is 1050. The molecule has 0 spiro atoms. The Morgan fingerprint density at radius 1 is 0.690 bits per heavy atom. The molecular formula is C25H23ClFNO. The highest BCUT2D eigenvalue weighted by atomic mass is 35.5. The lowest BCUT2D eigenvalue weighted by molar-refractivity contribution is 0.302. The average Bonchev–Trinajstić information content (AvgIpc) is 2.75. The molecule has 0 heterocycles. The third-order valence-corrected chi connectivity index (χ3v) is 4.78. The molecule has 0 fully saturated rings. The summed E-state index contributed by atoms with van der Waals surface area (Å²) < 4.78 is 19.2. The summed E-state index contributed by atoms with van der Waals surface area (Å²) in [7, 11) is 0. The van der Waals surface area contributed by atoms with Crippen molar-refractivity contribution in [2.75, 3.05) is 0 Å². The number of benzene rings is 4. The maximum absolute atomic E-state index is 13.1. The van der Waals surface area contributed by atoms with Crippen LogP contribution in [0.25, 0.3) is 10.8 Å². The molecule has 1 N–H and O–H groups in total. The molecular weight excluding hydrogens is 385 g/mol. The second-order valence-electron chi connectivity index (χ2n) is 6.77. The van der Waals surface area contributed by atoms with Crippen molar-refractivity contribution >= 4 is 23.2 Å². The van der Waals surface area contributed by atoms with E-state index in [-0.39, 0.29) is 18.2 Å². The monoisotopic (exact) mass is 407 g/mol. The summed E-state index contributed by atoms with van der Waals surface area (Å²) in [5.74, 6) is 0.615. The van der Waals surface area contributed by atoms with Crippen LogP contribution in [0.3, 0.4) is 0 Å². The first kappa shape index (κ1) is 20.8. The van der Waals surface area contributed by atoms with E-state index in [1.807, 2.05) is 36.4 Å². The second kappa shape index (κ2) is 10.1. The van der Waals surface area contributed by atoms with Gasteiger partial charge in [0.15, 0.2) is 0 Å². The maximum Gasteiger partial charge on any atom is 0.124 e. The normalized spacial score (nSPS) is 10.5. The van der Waals surface area contributed by atoms with Crippen molar-refractivity contribution in [1.29, 1.82) is 0 Å². The molecule has 0 saturated carbocycles. The molecule has 0 unspecified atom stereocenters. The topological polar surface area (TPSA) is 21.3 Å². The van der Waals surface area contributed by atoms with Crippen molar-refractivity contribution < 1.29 is 9.13 Å². The van der Waals surface area contributed by atoms with Gasteiger partial charge in [0, 0.05) is 18.7 Å². The van der Waals surface area contributed by atoms with Gasteiger partial charge in [0.2, 0.25) is 0 Å². The molecule has 4 aromatic rings. The minimum atomic E-state index is -0.236. The number of hydrogen-bond donors (Lipinski definition) is 1. The Morgan fingerprint density at radius 2 is 1.41 bits per heavy atom. The zero-order valence-corrected chi connectivity index (χ0v) is 16.8. The van der Waals surface area contributed by atoms with Crippen LogP contribution in [-0.2, 0) is 19.7 Å². The Morgan fingerprint density at radius 3 is 2.21 bits per heavy atom. The lowest BCUT2D eigenvalue weighted by atomic mass is 10.0. The van der Waals surface area contributed by atoms with Gasteiger partial charge in [-0.2, -0.15) is 0 Å². The number of ether oxygens (including phenoxy) is 1. The second-order valence-corrected chi connectivity index (χ2v) is 6.77. The fourth-order valence-electron chi connectivity index (χ4n) is 3.30. The van der Waals surface area contributed by atoms with Gasteiger partial charge in [0.05, 0.1) is 0 Å². The Balaban J connectivity index is 0.00000240. The van der Waals surface area contributed by atoms with Gasteiger partial charge in [-0.3, -0.25) is 0 Å². The first-order chi connectivity index (χ1) is 13.8. The van der Waals surface area contributed by atoms with E-state index in [0.717, 1.165) is 23.4 Å². The molecule has 4 aromatic carbocycles. The van der Waals surface area contributed by atoms with Gasteiger partial charge in [-0.25, -0.2) is 4.39 Å². The molecule has 0 aliphatic heterocycles. The van der Waals surface area contributed by atoms with E-state index in [9.17, 15) is 4.39 Å². The van der Waals surface area contributed by atoms with Gasteiger partial charge in [0.25, 0.3) is 0 Å². The van der Waals surface area contributed by atoms with Crippen LogP contribution in [-0.4, -0.2) is 0 Å². The smallest absolute Gasteiger partial charge is 0.124 e. The van der Waals surface area contributed by atoms with Gasteiger partial charge in [-0.1, -0.05) is 72.8 Å². The van der Waals surface area contributed by atoms with Crippen LogP contribution in [0.2, 0.25) is 0 Å². The highest BCUT2D eigenvalue weighted by Crippen LogP contribution is 2.29. The molecule has 0 atom stereocenters. The standard InChI is InChI=1S/C25H22FNO.ClH/c26-22-13-10-20(11-14-22)18-28-25-15-12-21-8-4-5-9-23(21)24(25)17-27-16-19-6-2-1-3-7-19;/h1-15,27H,16-18H2;1H. The Labute approximate surface area is 176 Å². The van der Waals surface area contributed by atoms with Crippen molar-refractivity contribution in [3.05, 3.63) is 114 Å². The summed E-state index contributed by atoms with van der Waals surface area (Å²) in [5.41, 5.74) is 3.32. The van der Waals surface area contributed by atoms with Crippen molar-refractivity contribution in [2.45, 2.75) is 19.7 Å². The Kier molecular flexibility index (Phi) is 7.23. The zero-order valence-electron chi connectivity index (χ0n) is 16.0. The summed E-state index contributed by atoms with van der Waals surface area (Å²) in [6.07, 6.45) is 0. The predicted molar refractivity (Wildman–Crippen MR) is 119 cm³/mol. The van der Waals surface area contributed by atoms with Gasteiger partial charge >= 0.3 is 0 Å². The number of fused-ring (bicyclic) bond motifs is 1. The molecule has 0 aliphatic rings. The van der Waals surface area contributed by atoms with E-state index < -0.39 is 0 Å². The first-order valence-electron chi connectivity index (χ1n) is 9.42. The molecule has 0 radical (unpaired) electrons. The van der Waals surface area contributed by atoms with Crippen LogP contribution in [0.4, 0.5) is 4.39 Å². The van der Waals surface area contributed by atoms with E-state index in [0.29, 0.717) is 13.2 Å². The molecule has 0 amide bonds. The molecule has 4 rings (SSSR count). The minimum absolute atomic E-state index is 0. The number of hydrogen-bond acceptors (Lipinski definition) is 2. The van der Waals surface area contributed by atoms with Crippen molar-refractivity contribution in [2.24, 2.45) is 0 Å². The van der Waals surface area contributed by atoms with Crippen LogP contribution < -0.4 is 10.1 Å². The summed E-state index contributed by atoms with van der Waals surface area (Å²) in [5, 5.41) is 5.89. The molecule has 2 nitrogen and oxygen atoms in total. The SMILES string of the molecule is Cl.Fc1ccc(COc2ccc3ccccc3c2CNCc2ccccc2)cc1. The molecule has 148 valence electrons. The summed E-state index contributed by atoms with van der Waals surface area (Å²) >= 11 is 0. The van der Waals surface area contributed by atoms with Crippen LogP contribution in [0.5, 0.6) is 5.75 Å². The average molecular weight is 408 g/mol. The Hall–Kier alpha value is -2.88. The van der Waals surface area contributed by atoms with Gasteiger partial charge < -0.3 is 10.1 Å². The fourth-order valence-corrected chi connectivity index (χ4v) is 3.30. The van der Waals surface area contributed by atoms with Gasteiger partial charge in [0.1, 0.15) is 18.2 Å². The molecule has 0 aliphatic carbocycles. The highest BCUT2D eigenvalue weighted by molar-refractivity contribution is 5.87. The molecule has 0 saturated heterocycles. The quantitative estimate of drug-likeness (QED) is 0.390. The number of halogens is 2. The summed E-state index contributed by atoms with van der Waals surface area (Å²) in [6, 6.07) is 29.2. The van der Waals surface area contributed by atoms with E-state index in [2.05, 4.69) is 35.6 Å². The van der Waals surface area contributed by atoms with Crippen molar-refractivity contribution in [1.82, 2.24) is 5.32 Å². The lowest BCUT2D eigenvalue weighted by Crippen LogP contribution is -2.14. The lowest BCUT2D eigenvalue weighted by Gasteiger charge is -2.15. The third kappa shape index (κ3) is 5.35. The van der Waals surface area contributed by atoms with Crippen LogP contribution in [0.1, 0.15) is 16.7 Å². The summed E-state index contributed by atoms with van der Waals surface area (Å²) in [4.78, 5) is 0. The summed E-state index contributed by atoms with van der Waals surface area (Å²) in [6.45, 7) is 1.90. The van der Waals surface area contributed by atoms with E-state index >= 15 is 0 Å². The maximum atomic E-state index is 13.1. The fraction of sp³-hybridized carbons (Fsp3) is 0.120. The predicted octanol–water partition coefficient (Wildman–Crippen LogP) is 6.27. The molecule has 29 heavy (non-hydrogen) atoms. The van der Waals surface area contributed by atoms with Crippen LogP contribution >= 0.6 is 12.4 Å². The first-order valence-corrected chi connectivity index (χ1v) is 9.42. The largest absolute Gasteiger partial charge is 0.489 e. The third-order valence-electron chi connectivity index (χ3n) is 4.78. The number of rotatable bonds is 7. The van der Waals surface area contributed by atoms with E-state index in [4.69, 9.17) is 4.74 Å². The zero-order chi connectivity index (χ0) is 19.2. The molecule has 0 aromatic heterocycles. The highest BCUT2D eigenvalue weighted by Gasteiger charge is 2.09. The van der Waals surface area contributed by atoms with Crippen molar-refractivity contribution in [3.8, 4) is 5.75 Å². The van der Waals surface area contributed by atoms with Gasteiger partial charge in [-0.15, -0.1) is 12.4 Å². The molecule has 4 heteroatoms. The number of nitrogens with one attached hydrogen (secondary N) is 1. The van der Waals surface area contributed by atoms with Crippen LogP contribution in [0.15, 0.2) is 91.0 Å². The van der Waals surface area contributed by atoms with Crippen molar-refractivity contribution in [3.63, 3.8) is 0 Å². The minimum Gasteiger partial charge on any atom is -0.489 e. The van der Waals surface area contributed by atoms with E-state index in [1.54, 1.807) is 12.1 Å². The molecule has 0 bridgehead atoms. The van der Waals surface area contributed by atoms with Gasteiger partial charge in [-0.05, 0) is 40.1 Å².